The van der Waals surface area contributed by atoms with Crippen molar-refractivity contribution < 1.29 is 9.90 Å². The Morgan fingerprint density at radius 3 is 2.65 bits per heavy atom. The van der Waals surface area contributed by atoms with E-state index in [9.17, 15) is 9.90 Å². The maximum atomic E-state index is 11.6. The van der Waals surface area contributed by atoms with Crippen LogP contribution in [0, 0.1) is 0 Å². The first-order chi connectivity index (χ1) is 8.17. The summed E-state index contributed by atoms with van der Waals surface area (Å²) in [7, 11) is 0. The van der Waals surface area contributed by atoms with Crippen molar-refractivity contribution >= 4 is 6.03 Å². The highest BCUT2D eigenvalue weighted by molar-refractivity contribution is 5.74. The van der Waals surface area contributed by atoms with Crippen LogP contribution in [0.4, 0.5) is 4.79 Å². The van der Waals surface area contributed by atoms with E-state index < -0.39 is 0 Å². The van der Waals surface area contributed by atoms with E-state index in [0.29, 0.717) is 19.6 Å². The molecule has 0 atom stereocenters. The minimum absolute atomic E-state index is 0.0323. The first kappa shape index (κ1) is 13.4. The number of phenols is 1. The van der Waals surface area contributed by atoms with Gasteiger partial charge in [-0.25, -0.2) is 4.79 Å². The van der Waals surface area contributed by atoms with Gasteiger partial charge in [-0.3, -0.25) is 0 Å². The molecule has 1 rings (SSSR count). The van der Waals surface area contributed by atoms with E-state index in [0.717, 1.165) is 12.0 Å². The van der Waals surface area contributed by atoms with Crippen molar-refractivity contribution in [2.45, 2.75) is 20.3 Å². The standard InChI is InChI=1S/C13H20N2O2/c1-3-15(4-2)13(17)14-9-8-11-6-5-7-12(16)10-11/h5-7,10,16H,3-4,8-9H2,1-2H3,(H,14,17). The van der Waals surface area contributed by atoms with Crippen molar-refractivity contribution in [1.82, 2.24) is 10.2 Å². The Morgan fingerprint density at radius 2 is 2.06 bits per heavy atom. The van der Waals surface area contributed by atoms with E-state index >= 15 is 0 Å². The molecule has 0 radical (unpaired) electrons. The van der Waals surface area contributed by atoms with Gasteiger partial charge in [-0.1, -0.05) is 12.1 Å². The number of aromatic hydroxyl groups is 1. The number of amides is 2. The zero-order valence-corrected chi connectivity index (χ0v) is 10.4. The van der Waals surface area contributed by atoms with Crippen LogP contribution in [0.5, 0.6) is 5.75 Å². The van der Waals surface area contributed by atoms with Gasteiger partial charge in [-0.15, -0.1) is 0 Å². The summed E-state index contributed by atoms with van der Waals surface area (Å²) in [5.41, 5.74) is 1.02. The van der Waals surface area contributed by atoms with Gasteiger partial charge in [-0.05, 0) is 38.0 Å². The minimum atomic E-state index is -0.0323. The number of carbonyl (C=O) groups is 1. The molecule has 1 aromatic carbocycles. The highest BCUT2D eigenvalue weighted by atomic mass is 16.3. The molecule has 4 nitrogen and oxygen atoms in total. The molecule has 17 heavy (non-hydrogen) atoms. The number of hydrogen-bond donors (Lipinski definition) is 2. The van der Waals surface area contributed by atoms with Crippen LogP contribution in [0.1, 0.15) is 19.4 Å². The Labute approximate surface area is 102 Å². The number of phenolic OH excluding ortho intramolecular Hbond substituents is 1. The molecule has 2 amide bonds. The van der Waals surface area contributed by atoms with Crippen molar-refractivity contribution in [2.75, 3.05) is 19.6 Å². The van der Waals surface area contributed by atoms with Crippen LogP contribution in [-0.4, -0.2) is 35.7 Å². The molecule has 0 aliphatic rings. The van der Waals surface area contributed by atoms with E-state index in [4.69, 9.17) is 0 Å². The molecule has 1 aromatic rings. The van der Waals surface area contributed by atoms with Crippen molar-refractivity contribution in [3.8, 4) is 5.75 Å². The zero-order valence-electron chi connectivity index (χ0n) is 10.4. The topological polar surface area (TPSA) is 52.6 Å². The second-order valence-electron chi connectivity index (χ2n) is 3.82. The average molecular weight is 236 g/mol. The van der Waals surface area contributed by atoms with Crippen molar-refractivity contribution in [1.29, 1.82) is 0 Å². The smallest absolute Gasteiger partial charge is 0.317 e. The summed E-state index contributed by atoms with van der Waals surface area (Å²) >= 11 is 0. The monoisotopic (exact) mass is 236 g/mol. The largest absolute Gasteiger partial charge is 0.508 e. The summed E-state index contributed by atoms with van der Waals surface area (Å²) in [5.74, 6) is 0.262. The SMILES string of the molecule is CCN(CC)C(=O)NCCc1cccc(O)c1. The highest BCUT2D eigenvalue weighted by Crippen LogP contribution is 2.10. The summed E-state index contributed by atoms with van der Waals surface area (Å²) in [6, 6.07) is 7.05. The molecule has 0 aliphatic carbocycles. The van der Waals surface area contributed by atoms with Crippen LogP contribution in [-0.2, 0) is 6.42 Å². The van der Waals surface area contributed by atoms with Crippen LogP contribution < -0.4 is 5.32 Å². The molecule has 4 heteroatoms. The predicted octanol–water partition coefficient (Wildman–Crippen LogP) is 1.99. The summed E-state index contributed by atoms with van der Waals surface area (Å²) < 4.78 is 0. The lowest BCUT2D eigenvalue weighted by Gasteiger charge is -2.19. The Hall–Kier alpha value is -1.71. The number of carbonyl (C=O) groups excluding carboxylic acids is 1. The van der Waals surface area contributed by atoms with Gasteiger partial charge in [-0.2, -0.15) is 0 Å². The molecule has 2 N–H and O–H groups in total. The molecule has 0 saturated heterocycles. The van der Waals surface area contributed by atoms with Crippen molar-refractivity contribution in [3.05, 3.63) is 29.8 Å². The van der Waals surface area contributed by atoms with Gasteiger partial charge >= 0.3 is 6.03 Å². The van der Waals surface area contributed by atoms with Crippen LogP contribution >= 0.6 is 0 Å². The first-order valence-corrected chi connectivity index (χ1v) is 5.98. The fourth-order valence-corrected chi connectivity index (χ4v) is 1.65. The number of hydrogen-bond acceptors (Lipinski definition) is 2. The maximum Gasteiger partial charge on any atom is 0.317 e. The zero-order chi connectivity index (χ0) is 12.7. The molecule has 0 aromatic heterocycles. The summed E-state index contributed by atoms with van der Waals surface area (Å²) in [5, 5.41) is 12.1. The van der Waals surface area contributed by atoms with Gasteiger partial charge in [0.15, 0.2) is 0 Å². The second kappa shape index (κ2) is 6.78. The molecule has 0 spiro atoms. The lowest BCUT2D eigenvalue weighted by Crippen LogP contribution is -2.40. The summed E-state index contributed by atoms with van der Waals surface area (Å²) in [6.07, 6.45) is 0.724. The Balaban J connectivity index is 2.35. The van der Waals surface area contributed by atoms with Gasteiger partial charge in [0, 0.05) is 19.6 Å². The number of nitrogens with one attached hydrogen (secondary N) is 1. The third-order valence-corrected chi connectivity index (χ3v) is 2.65. The predicted molar refractivity (Wildman–Crippen MR) is 68.1 cm³/mol. The highest BCUT2D eigenvalue weighted by Gasteiger charge is 2.07. The van der Waals surface area contributed by atoms with Gasteiger partial charge in [0.2, 0.25) is 0 Å². The maximum absolute atomic E-state index is 11.6. The normalized spacial score (nSPS) is 10.0. The molecule has 0 aliphatic heterocycles. The average Bonchev–Trinajstić information content (AvgIpc) is 2.30. The number of rotatable bonds is 5. The molecular formula is C13H20N2O2. The Bertz CT molecular complexity index is 362. The fraction of sp³-hybridized carbons (Fsp3) is 0.462. The molecule has 94 valence electrons. The van der Waals surface area contributed by atoms with Crippen LogP contribution in [0.3, 0.4) is 0 Å². The van der Waals surface area contributed by atoms with Crippen molar-refractivity contribution in [3.63, 3.8) is 0 Å². The van der Waals surface area contributed by atoms with E-state index in [1.807, 2.05) is 19.9 Å². The Kier molecular flexibility index (Phi) is 5.33. The first-order valence-electron chi connectivity index (χ1n) is 5.98. The number of urea groups is 1. The van der Waals surface area contributed by atoms with Gasteiger partial charge in [0.1, 0.15) is 5.75 Å². The summed E-state index contributed by atoms with van der Waals surface area (Å²) in [6.45, 7) is 5.93. The van der Waals surface area contributed by atoms with E-state index in [1.54, 1.807) is 23.1 Å². The molecule has 0 unspecified atom stereocenters. The third kappa shape index (κ3) is 4.34. The van der Waals surface area contributed by atoms with E-state index in [2.05, 4.69) is 5.32 Å². The van der Waals surface area contributed by atoms with E-state index in [-0.39, 0.29) is 11.8 Å². The third-order valence-electron chi connectivity index (χ3n) is 2.65. The Morgan fingerprint density at radius 1 is 1.35 bits per heavy atom. The lowest BCUT2D eigenvalue weighted by molar-refractivity contribution is 0.203. The minimum Gasteiger partial charge on any atom is -0.508 e. The van der Waals surface area contributed by atoms with Crippen LogP contribution in [0.25, 0.3) is 0 Å². The van der Waals surface area contributed by atoms with Gasteiger partial charge in [0.05, 0.1) is 0 Å². The summed E-state index contributed by atoms with van der Waals surface area (Å²) in [4.78, 5) is 13.4. The van der Waals surface area contributed by atoms with Crippen LogP contribution in [0.15, 0.2) is 24.3 Å². The quantitative estimate of drug-likeness (QED) is 0.821. The molecular weight excluding hydrogens is 216 g/mol. The fourth-order valence-electron chi connectivity index (χ4n) is 1.65. The van der Waals surface area contributed by atoms with Crippen molar-refractivity contribution in [2.24, 2.45) is 0 Å². The van der Waals surface area contributed by atoms with Gasteiger partial charge in [0.25, 0.3) is 0 Å². The van der Waals surface area contributed by atoms with Crippen LogP contribution in [0.2, 0.25) is 0 Å². The van der Waals surface area contributed by atoms with E-state index in [1.165, 1.54) is 0 Å². The molecule has 0 bridgehead atoms. The second-order valence-corrected chi connectivity index (χ2v) is 3.82. The number of nitrogens with zero attached hydrogens (tertiary/aromatic N) is 1. The molecule has 0 heterocycles. The van der Waals surface area contributed by atoms with Gasteiger partial charge < -0.3 is 15.3 Å². The number of benzene rings is 1. The molecule has 0 fully saturated rings. The molecule has 0 saturated carbocycles. The lowest BCUT2D eigenvalue weighted by atomic mass is 10.1.